The van der Waals surface area contributed by atoms with Crippen molar-refractivity contribution in [3.05, 3.63) is 71.6 Å². The SMILES string of the molecule is CCOC(=O)N1CCN(c2ncnc3c2c(-c2ccccc2)cn3-c2ccc(Br)cc2)CC1. The van der Waals surface area contributed by atoms with E-state index in [1.165, 1.54) is 0 Å². The molecular formula is C25H24BrN5O2. The highest BCUT2D eigenvalue weighted by Gasteiger charge is 2.26. The Balaban J connectivity index is 1.59. The Morgan fingerprint density at radius 1 is 1.00 bits per heavy atom. The molecule has 0 atom stereocenters. The molecule has 0 aliphatic carbocycles. The van der Waals surface area contributed by atoms with Gasteiger partial charge in [0.15, 0.2) is 5.65 Å². The zero-order valence-corrected chi connectivity index (χ0v) is 19.9. The van der Waals surface area contributed by atoms with Gasteiger partial charge in [-0.2, -0.15) is 0 Å². The number of ether oxygens (including phenoxy) is 1. The third kappa shape index (κ3) is 4.18. The number of anilines is 1. The molecule has 4 aromatic rings. The minimum absolute atomic E-state index is 0.253. The van der Waals surface area contributed by atoms with Gasteiger partial charge in [0.05, 0.1) is 12.0 Å². The summed E-state index contributed by atoms with van der Waals surface area (Å²) in [5, 5.41) is 1.01. The average Bonchev–Trinajstić information content (AvgIpc) is 3.25. The van der Waals surface area contributed by atoms with Gasteiger partial charge in [0, 0.05) is 48.1 Å². The number of nitrogens with zero attached hydrogens (tertiary/aromatic N) is 5. The predicted octanol–water partition coefficient (Wildman–Crippen LogP) is 5.13. The maximum Gasteiger partial charge on any atom is 0.409 e. The smallest absolute Gasteiger partial charge is 0.409 e. The first kappa shape index (κ1) is 21.5. The van der Waals surface area contributed by atoms with E-state index in [-0.39, 0.29) is 6.09 Å². The summed E-state index contributed by atoms with van der Waals surface area (Å²) in [6.07, 6.45) is 3.51. The molecule has 1 saturated heterocycles. The molecule has 2 aromatic carbocycles. The number of fused-ring (bicyclic) bond motifs is 1. The van der Waals surface area contributed by atoms with Crippen LogP contribution >= 0.6 is 15.9 Å². The van der Waals surface area contributed by atoms with Crippen molar-refractivity contribution < 1.29 is 9.53 Å². The molecule has 2 aromatic heterocycles. The van der Waals surface area contributed by atoms with Crippen molar-refractivity contribution in [2.75, 3.05) is 37.7 Å². The number of aromatic nitrogens is 3. The minimum atomic E-state index is -0.253. The first-order valence-electron chi connectivity index (χ1n) is 11.0. The molecule has 5 rings (SSSR count). The Morgan fingerprint density at radius 3 is 2.42 bits per heavy atom. The monoisotopic (exact) mass is 505 g/mol. The van der Waals surface area contributed by atoms with Crippen molar-refractivity contribution in [3.63, 3.8) is 0 Å². The van der Waals surface area contributed by atoms with E-state index in [0.29, 0.717) is 32.8 Å². The zero-order valence-electron chi connectivity index (χ0n) is 18.3. The summed E-state index contributed by atoms with van der Waals surface area (Å²) in [5.41, 5.74) is 4.08. The van der Waals surface area contributed by atoms with Crippen LogP contribution in [0.5, 0.6) is 0 Å². The van der Waals surface area contributed by atoms with Gasteiger partial charge in [0.25, 0.3) is 0 Å². The van der Waals surface area contributed by atoms with Gasteiger partial charge >= 0.3 is 6.09 Å². The Kier molecular flexibility index (Phi) is 6.00. The standard InChI is InChI=1S/C25H24BrN5O2/c1-2-33-25(32)30-14-12-29(13-15-30)23-22-21(18-6-4-3-5-7-18)16-31(24(22)28-17-27-23)20-10-8-19(26)9-11-20/h3-11,16-17H,2,12-15H2,1H3. The summed E-state index contributed by atoms with van der Waals surface area (Å²) in [5.74, 6) is 0.887. The second kappa shape index (κ2) is 9.23. The van der Waals surface area contributed by atoms with Crippen LogP contribution in [0.2, 0.25) is 0 Å². The Hall–Kier alpha value is -3.39. The molecule has 0 radical (unpaired) electrons. The third-order valence-corrected chi connectivity index (χ3v) is 6.39. The molecule has 7 nitrogen and oxygen atoms in total. The number of amides is 1. The lowest BCUT2D eigenvalue weighted by atomic mass is 10.1. The van der Waals surface area contributed by atoms with Crippen molar-refractivity contribution in [2.24, 2.45) is 0 Å². The van der Waals surface area contributed by atoms with Crippen LogP contribution < -0.4 is 4.90 Å². The second-order valence-corrected chi connectivity index (χ2v) is 8.74. The largest absolute Gasteiger partial charge is 0.450 e. The summed E-state index contributed by atoms with van der Waals surface area (Å²) in [7, 11) is 0. The highest BCUT2D eigenvalue weighted by Crippen LogP contribution is 2.37. The molecule has 3 heterocycles. The maximum absolute atomic E-state index is 12.1. The Labute approximate surface area is 200 Å². The third-order valence-electron chi connectivity index (χ3n) is 5.86. The minimum Gasteiger partial charge on any atom is -0.450 e. The van der Waals surface area contributed by atoms with Crippen LogP contribution in [-0.4, -0.2) is 58.3 Å². The van der Waals surface area contributed by atoms with Gasteiger partial charge in [-0.15, -0.1) is 0 Å². The molecule has 1 amide bonds. The fraction of sp³-hybridized carbons (Fsp3) is 0.240. The van der Waals surface area contributed by atoms with E-state index < -0.39 is 0 Å². The lowest BCUT2D eigenvalue weighted by Crippen LogP contribution is -2.49. The zero-order chi connectivity index (χ0) is 22.8. The van der Waals surface area contributed by atoms with Crippen LogP contribution in [0.15, 0.2) is 71.6 Å². The molecule has 1 fully saturated rings. The van der Waals surface area contributed by atoms with Gasteiger partial charge < -0.3 is 19.1 Å². The van der Waals surface area contributed by atoms with Gasteiger partial charge in [-0.05, 0) is 36.8 Å². The molecule has 0 saturated carbocycles. The molecule has 0 spiro atoms. The van der Waals surface area contributed by atoms with Gasteiger partial charge in [-0.3, -0.25) is 0 Å². The molecule has 1 aliphatic rings. The summed E-state index contributed by atoms with van der Waals surface area (Å²) < 4.78 is 8.31. The average molecular weight is 506 g/mol. The lowest BCUT2D eigenvalue weighted by Gasteiger charge is -2.35. The van der Waals surface area contributed by atoms with Crippen molar-refractivity contribution in [3.8, 4) is 16.8 Å². The van der Waals surface area contributed by atoms with E-state index >= 15 is 0 Å². The van der Waals surface area contributed by atoms with Gasteiger partial charge in [0.2, 0.25) is 0 Å². The Bertz CT molecular complexity index is 1270. The van der Waals surface area contributed by atoms with Crippen molar-refractivity contribution in [2.45, 2.75) is 6.92 Å². The van der Waals surface area contributed by atoms with Gasteiger partial charge in [-0.1, -0.05) is 46.3 Å². The van der Waals surface area contributed by atoms with Crippen LogP contribution in [-0.2, 0) is 4.74 Å². The number of hydrogen-bond donors (Lipinski definition) is 0. The fourth-order valence-corrected chi connectivity index (χ4v) is 4.50. The molecule has 8 heteroatoms. The van der Waals surface area contributed by atoms with Crippen molar-refractivity contribution in [1.29, 1.82) is 0 Å². The van der Waals surface area contributed by atoms with Crippen molar-refractivity contribution >= 4 is 38.9 Å². The number of piperazine rings is 1. The van der Waals surface area contributed by atoms with Crippen LogP contribution in [0.3, 0.4) is 0 Å². The summed E-state index contributed by atoms with van der Waals surface area (Å²) in [4.78, 5) is 25.5. The molecule has 33 heavy (non-hydrogen) atoms. The summed E-state index contributed by atoms with van der Waals surface area (Å²) in [6.45, 7) is 4.77. The number of halogens is 1. The van der Waals surface area contributed by atoms with Crippen LogP contribution in [0.1, 0.15) is 6.92 Å². The number of benzene rings is 2. The molecule has 0 bridgehead atoms. The number of hydrogen-bond acceptors (Lipinski definition) is 5. The summed E-state index contributed by atoms with van der Waals surface area (Å²) in [6, 6.07) is 18.5. The van der Waals surface area contributed by atoms with E-state index in [1.54, 1.807) is 11.2 Å². The van der Waals surface area contributed by atoms with Gasteiger partial charge in [0.1, 0.15) is 12.1 Å². The van der Waals surface area contributed by atoms with Crippen LogP contribution in [0.25, 0.3) is 27.8 Å². The molecule has 168 valence electrons. The number of carbonyl (C=O) groups excluding carboxylic acids is 1. The highest BCUT2D eigenvalue weighted by molar-refractivity contribution is 9.10. The van der Waals surface area contributed by atoms with E-state index in [1.807, 2.05) is 37.3 Å². The quantitative estimate of drug-likeness (QED) is 0.384. The first-order valence-corrected chi connectivity index (χ1v) is 11.8. The molecule has 1 aliphatic heterocycles. The van der Waals surface area contributed by atoms with E-state index in [0.717, 1.165) is 38.1 Å². The molecular weight excluding hydrogens is 482 g/mol. The molecule has 0 N–H and O–H groups in total. The number of rotatable bonds is 4. The summed E-state index contributed by atoms with van der Waals surface area (Å²) >= 11 is 3.52. The number of carbonyl (C=O) groups is 1. The Morgan fingerprint density at radius 2 is 1.73 bits per heavy atom. The van der Waals surface area contributed by atoms with Crippen molar-refractivity contribution in [1.82, 2.24) is 19.4 Å². The first-order chi connectivity index (χ1) is 16.2. The predicted molar refractivity (Wildman–Crippen MR) is 133 cm³/mol. The second-order valence-electron chi connectivity index (χ2n) is 7.82. The normalized spacial score (nSPS) is 14.0. The van der Waals surface area contributed by atoms with Gasteiger partial charge in [-0.25, -0.2) is 14.8 Å². The van der Waals surface area contributed by atoms with E-state index in [9.17, 15) is 4.79 Å². The highest BCUT2D eigenvalue weighted by atomic mass is 79.9. The van der Waals surface area contributed by atoms with Crippen LogP contribution in [0, 0.1) is 0 Å². The molecule has 0 unspecified atom stereocenters. The maximum atomic E-state index is 12.1. The fourth-order valence-electron chi connectivity index (χ4n) is 4.24. The lowest BCUT2D eigenvalue weighted by molar-refractivity contribution is 0.105. The topological polar surface area (TPSA) is 63.5 Å². The van der Waals surface area contributed by atoms with E-state index in [2.05, 4.69) is 60.8 Å². The van der Waals surface area contributed by atoms with Crippen LogP contribution in [0.4, 0.5) is 10.6 Å². The van der Waals surface area contributed by atoms with E-state index in [4.69, 9.17) is 9.72 Å².